The van der Waals surface area contributed by atoms with Crippen LogP contribution in [0.4, 0.5) is 0 Å². The Morgan fingerprint density at radius 1 is 1.24 bits per heavy atom. The van der Waals surface area contributed by atoms with Gasteiger partial charge in [0.2, 0.25) is 0 Å². The lowest BCUT2D eigenvalue weighted by atomic mass is 9.95. The SMILES string of the molecule is CCC(C)(C)n1nnnc1[C@@H](C(C)C)N(Cc1cc2cc(OC)ccc2[nH]c1=O)C1CCCC1. The lowest BCUT2D eigenvalue weighted by Gasteiger charge is -2.39. The Bertz CT molecular complexity index is 1180. The van der Waals surface area contributed by atoms with E-state index < -0.39 is 0 Å². The normalized spacial score (nSPS) is 16.1. The molecule has 8 heteroatoms. The minimum absolute atomic E-state index is 0.00401. The largest absolute Gasteiger partial charge is 0.497 e. The molecular weight excluding hydrogens is 428 g/mol. The average Bonchev–Trinajstić information content (AvgIpc) is 3.51. The number of methoxy groups -OCH3 is 1. The van der Waals surface area contributed by atoms with Crippen LogP contribution in [-0.2, 0) is 12.1 Å². The Morgan fingerprint density at radius 2 is 1.97 bits per heavy atom. The lowest BCUT2D eigenvalue weighted by Crippen LogP contribution is -2.42. The molecule has 3 aromatic rings. The van der Waals surface area contributed by atoms with E-state index in [1.54, 1.807) is 7.11 Å². The second-order valence-electron chi connectivity index (χ2n) is 10.5. The van der Waals surface area contributed by atoms with E-state index in [0.29, 0.717) is 12.6 Å². The van der Waals surface area contributed by atoms with E-state index in [0.717, 1.165) is 47.3 Å². The first-order valence-corrected chi connectivity index (χ1v) is 12.5. The molecular formula is C26H38N6O2. The quantitative estimate of drug-likeness (QED) is 0.487. The van der Waals surface area contributed by atoms with E-state index in [2.05, 4.69) is 60.0 Å². The third-order valence-corrected chi connectivity index (χ3v) is 7.46. The molecule has 2 aromatic heterocycles. The number of pyridine rings is 1. The van der Waals surface area contributed by atoms with Crippen molar-refractivity contribution in [3.63, 3.8) is 0 Å². The van der Waals surface area contributed by atoms with Crippen LogP contribution in [0.2, 0.25) is 0 Å². The summed E-state index contributed by atoms with van der Waals surface area (Å²) in [5.74, 6) is 1.93. The molecule has 8 nitrogen and oxygen atoms in total. The molecule has 0 bridgehead atoms. The van der Waals surface area contributed by atoms with Crippen molar-refractivity contribution in [2.24, 2.45) is 5.92 Å². The van der Waals surface area contributed by atoms with Crippen LogP contribution in [0.3, 0.4) is 0 Å². The Morgan fingerprint density at radius 3 is 2.62 bits per heavy atom. The van der Waals surface area contributed by atoms with Crippen LogP contribution in [0.5, 0.6) is 5.75 Å². The summed E-state index contributed by atoms with van der Waals surface area (Å²) < 4.78 is 7.40. The molecule has 0 saturated heterocycles. The molecule has 0 spiro atoms. The van der Waals surface area contributed by atoms with Crippen molar-refractivity contribution in [1.82, 2.24) is 30.1 Å². The summed E-state index contributed by atoms with van der Waals surface area (Å²) in [6.45, 7) is 11.5. The summed E-state index contributed by atoms with van der Waals surface area (Å²) in [6.07, 6.45) is 5.60. The van der Waals surface area contributed by atoms with Gasteiger partial charge in [-0.1, -0.05) is 33.6 Å². The Kier molecular flexibility index (Phi) is 7.07. The predicted molar refractivity (Wildman–Crippen MR) is 134 cm³/mol. The van der Waals surface area contributed by atoms with Crippen LogP contribution in [-0.4, -0.2) is 43.2 Å². The van der Waals surface area contributed by atoms with Crippen molar-refractivity contribution in [2.45, 2.75) is 90.9 Å². The van der Waals surface area contributed by atoms with E-state index in [1.807, 2.05) is 28.9 Å². The van der Waals surface area contributed by atoms with Gasteiger partial charge in [0.25, 0.3) is 5.56 Å². The van der Waals surface area contributed by atoms with Crippen molar-refractivity contribution < 1.29 is 4.74 Å². The molecule has 184 valence electrons. The van der Waals surface area contributed by atoms with Crippen molar-refractivity contribution >= 4 is 10.9 Å². The van der Waals surface area contributed by atoms with Gasteiger partial charge in [0, 0.05) is 29.1 Å². The van der Waals surface area contributed by atoms with Crippen molar-refractivity contribution in [3.8, 4) is 5.75 Å². The van der Waals surface area contributed by atoms with Gasteiger partial charge in [-0.05, 0) is 73.7 Å². The first kappa shape index (κ1) is 24.4. The fourth-order valence-corrected chi connectivity index (χ4v) is 5.15. The van der Waals surface area contributed by atoms with Gasteiger partial charge in [-0.3, -0.25) is 9.69 Å². The number of fused-ring (bicyclic) bond motifs is 1. The first-order valence-electron chi connectivity index (χ1n) is 12.5. The molecule has 1 saturated carbocycles. The summed E-state index contributed by atoms with van der Waals surface area (Å²) in [5.41, 5.74) is 1.34. The first-order chi connectivity index (χ1) is 16.2. The average molecular weight is 467 g/mol. The Balaban J connectivity index is 1.79. The molecule has 2 heterocycles. The maximum Gasteiger partial charge on any atom is 0.252 e. The number of benzene rings is 1. The fraction of sp³-hybridized carbons (Fsp3) is 0.615. The molecule has 4 rings (SSSR count). The summed E-state index contributed by atoms with van der Waals surface area (Å²) in [7, 11) is 1.66. The van der Waals surface area contributed by atoms with Gasteiger partial charge in [0.15, 0.2) is 5.82 Å². The number of aromatic amines is 1. The standard InChI is InChI=1S/C26H38N6O2/c1-7-26(4,5)32-24(28-29-30-32)23(17(2)3)31(20-10-8-9-11-20)16-19-14-18-15-21(34-6)12-13-22(18)27-25(19)33/h12-15,17,20,23H,7-11,16H2,1-6H3,(H,27,33)/t23-/m1/s1. The molecule has 34 heavy (non-hydrogen) atoms. The molecule has 0 amide bonds. The Hall–Kier alpha value is -2.74. The zero-order chi connectivity index (χ0) is 24.5. The molecule has 0 unspecified atom stereocenters. The van der Waals surface area contributed by atoms with E-state index in [1.165, 1.54) is 12.8 Å². The minimum atomic E-state index is -0.190. The number of nitrogens with one attached hydrogen (secondary N) is 1. The van der Waals surface area contributed by atoms with E-state index in [-0.39, 0.29) is 23.1 Å². The van der Waals surface area contributed by atoms with Crippen molar-refractivity contribution in [3.05, 3.63) is 46.0 Å². The Labute approximate surface area is 201 Å². The topological polar surface area (TPSA) is 88.9 Å². The third kappa shape index (κ3) is 4.73. The molecule has 1 aliphatic carbocycles. The highest BCUT2D eigenvalue weighted by atomic mass is 16.5. The molecule has 1 fully saturated rings. The van der Waals surface area contributed by atoms with Crippen LogP contribution >= 0.6 is 0 Å². The van der Waals surface area contributed by atoms with Crippen molar-refractivity contribution in [1.29, 1.82) is 0 Å². The summed E-state index contributed by atoms with van der Waals surface area (Å²) in [4.78, 5) is 18.7. The van der Waals surface area contributed by atoms with Crippen LogP contribution < -0.4 is 10.3 Å². The monoisotopic (exact) mass is 466 g/mol. The summed E-state index contributed by atoms with van der Waals surface area (Å²) in [5, 5.41) is 14.0. The van der Waals surface area contributed by atoms with Crippen LogP contribution in [0.25, 0.3) is 10.9 Å². The maximum atomic E-state index is 13.1. The highest BCUT2D eigenvalue weighted by molar-refractivity contribution is 5.80. The minimum Gasteiger partial charge on any atom is -0.497 e. The van der Waals surface area contributed by atoms with E-state index in [4.69, 9.17) is 4.74 Å². The maximum absolute atomic E-state index is 13.1. The molecule has 1 aliphatic rings. The molecule has 1 atom stereocenters. The van der Waals surface area contributed by atoms with Crippen LogP contribution in [0, 0.1) is 5.92 Å². The van der Waals surface area contributed by atoms with Gasteiger partial charge < -0.3 is 9.72 Å². The van der Waals surface area contributed by atoms with Gasteiger partial charge in [-0.2, -0.15) is 0 Å². The predicted octanol–water partition coefficient (Wildman–Crippen LogP) is 4.81. The second-order valence-corrected chi connectivity index (χ2v) is 10.5. The molecule has 0 radical (unpaired) electrons. The molecule has 0 aliphatic heterocycles. The van der Waals surface area contributed by atoms with Gasteiger partial charge in [-0.15, -0.1) is 5.10 Å². The van der Waals surface area contributed by atoms with Crippen LogP contribution in [0.15, 0.2) is 29.1 Å². The number of ether oxygens (including phenoxy) is 1. The number of nitrogens with zero attached hydrogens (tertiary/aromatic N) is 5. The van der Waals surface area contributed by atoms with Crippen molar-refractivity contribution in [2.75, 3.05) is 7.11 Å². The summed E-state index contributed by atoms with van der Waals surface area (Å²) >= 11 is 0. The van der Waals surface area contributed by atoms with E-state index in [9.17, 15) is 4.79 Å². The highest BCUT2D eigenvalue weighted by Gasteiger charge is 2.37. The number of tetrazole rings is 1. The molecule has 1 aromatic carbocycles. The smallest absolute Gasteiger partial charge is 0.252 e. The van der Waals surface area contributed by atoms with Gasteiger partial charge in [0.05, 0.1) is 18.7 Å². The number of H-pyrrole nitrogens is 1. The summed E-state index contributed by atoms with van der Waals surface area (Å²) in [6, 6.07) is 8.14. The lowest BCUT2D eigenvalue weighted by molar-refractivity contribution is 0.0791. The zero-order valence-corrected chi connectivity index (χ0v) is 21.3. The second kappa shape index (κ2) is 9.86. The number of aromatic nitrogens is 5. The van der Waals surface area contributed by atoms with Gasteiger partial charge >= 0.3 is 0 Å². The fourth-order valence-electron chi connectivity index (χ4n) is 5.15. The van der Waals surface area contributed by atoms with Gasteiger partial charge in [-0.25, -0.2) is 4.68 Å². The van der Waals surface area contributed by atoms with Crippen LogP contribution in [0.1, 0.15) is 84.2 Å². The zero-order valence-electron chi connectivity index (χ0n) is 21.3. The molecule has 1 N–H and O–H groups in total. The number of rotatable bonds is 9. The van der Waals surface area contributed by atoms with Gasteiger partial charge in [0.1, 0.15) is 5.75 Å². The highest BCUT2D eigenvalue weighted by Crippen LogP contribution is 2.37. The number of hydrogen-bond donors (Lipinski definition) is 1. The van der Waals surface area contributed by atoms with E-state index >= 15 is 0 Å². The number of hydrogen-bond acceptors (Lipinski definition) is 6. The third-order valence-electron chi connectivity index (χ3n) is 7.46.